The van der Waals surface area contributed by atoms with Gasteiger partial charge in [-0.25, -0.2) is 0 Å². The Morgan fingerprint density at radius 3 is 2.50 bits per heavy atom. The molecule has 0 aliphatic carbocycles. The number of nitrogens with two attached hydrogens (primary N) is 1. The van der Waals surface area contributed by atoms with Gasteiger partial charge in [-0.2, -0.15) is 0 Å². The molecule has 0 saturated carbocycles. The molecular formula is C10H22N2O2. The molecular weight excluding hydrogens is 180 g/mol. The average Bonchev–Trinajstić information content (AvgIpc) is 2.15. The maximum atomic E-state index is 9.05. The molecule has 0 saturated heterocycles. The fourth-order valence-corrected chi connectivity index (χ4v) is 1.19. The van der Waals surface area contributed by atoms with Crippen LogP contribution in [0, 0.1) is 0 Å². The van der Waals surface area contributed by atoms with Crippen molar-refractivity contribution in [3.8, 4) is 0 Å². The van der Waals surface area contributed by atoms with E-state index >= 15 is 0 Å². The molecule has 4 nitrogen and oxygen atoms in total. The Kier molecular flexibility index (Phi) is 8.57. The summed E-state index contributed by atoms with van der Waals surface area (Å²) in [4.78, 5) is 4.08. The van der Waals surface area contributed by atoms with Crippen molar-refractivity contribution in [2.45, 2.75) is 45.1 Å². The van der Waals surface area contributed by atoms with Gasteiger partial charge in [-0.15, -0.1) is 0 Å². The van der Waals surface area contributed by atoms with E-state index in [1.807, 2.05) is 0 Å². The molecule has 0 rings (SSSR count). The van der Waals surface area contributed by atoms with Gasteiger partial charge in [0.1, 0.15) is 0 Å². The Bertz CT molecular complexity index is 156. The van der Waals surface area contributed by atoms with Crippen LogP contribution >= 0.6 is 0 Å². The monoisotopic (exact) mass is 202 g/mol. The van der Waals surface area contributed by atoms with Crippen LogP contribution in [-0.4, -0.2) is 35.3 Å². The number of nitrogens with zero attached hydrogens (tertiary/aromatic N) is 1. The maximum absolute atomic E-state index is 9.05. The minimum absolute atomic E-state index is 0.128. The van der Waals surface area contributed by atoms with Crippen LogP contribution in [0.1, 0.15) is 39.0 Å². The van der Waals surface area contributed by atoms with Crippen molar-refractivity contribution in [2.24, 2.45) is 10.7 Å². The van der Waals surface area contributed by atoms with E-state index in [9.17, 15) is 0 Å². The Balaban J connectivity index is 3.10. The number of aliphatic imine (C=N–C) groups is 1. The van der Waals surface area contributed by atoms with Crippen LogP contribution in [0.15, 0.2) is 4.99 Å². The zero-order chi connectivity index (χ0) is 10.8. The van der Waals surface area contributed by atoms with Crippen molar-refractivity contribution in [3.05, 3.63) is 0 Å². The zero-order valence-electron chi connectivity index (χ0n) is 8.95. The highest BCUT2D eigenvalue weighted by atomic mass is 16.3. The fourth-order valence-electron chi connectivity index (χ4n) is 1.19. The minimum atomic E-state index is -0.542. The van der Waals surface area contributed by atoms with Gasteiger partial charge in [-0.05, 0) is 19.8 Å². The summed E-state index contributed by atoms with van der Waals surface area (Å²) in [5, 5.41) is 17.6. The number of hydrogen-bond donors (Lipinski definition) is 3. The van der Waals surface area contributed by atoms with Crippen molar-refractivity contribution in [1.29, 1.82) is 0 Å². The van der Waals surface area contributed by atoms with Gasteiger partial charge in [0.05, 0.1) is 18.5 Å². The molecule has 0 fully saturated rings. The first-order valence-corrected chi connectivity index (χ1v) is 5.22. The molecule has 0 aromatic heterocycles. The van der Waals surface area contributed by atoms with Crippen molar-refractivity contribution in [3.63, 3.8) is 0 Å². The predicted molar refractivity (Wildman–Crippen MR) is 58.3 cm³/mol. The Labute approximate surface area is 85.8 Å². The third kappa shape index (κ3) is 9.48. The van der Waals surface area contributed by atoms with Gasteiger partial charge < -0.3 is 15.9 Å². The number of aliphatic hydroxyl groups excluding tert-OH is 2. The van der Waals surface area contributed by atoms with Gasteiger partial charge >= 0.3 is 0 Å². The smallest absolute Gasteiger partial charge is 0.0905 e. The Morgan fingerprint density at radius 1 is 1.29 bits per heavy atom. The first kappa shape index (κ1) is 13.4. The second-order valence-corrected chi connectivity index (χ2v) is 3.56. The van der Waals surface area contributed by atoms with E-state index < -0.39 is 6.10 Å². The number of amidine groups is 1. The van der Waals surface area contributed by atoms with E-state index in [-0.39, 0.29) is 6.61 Å². The SMILES string of the molecule is CC(N)=NCCCCCCC(O)CO. The van der Waals surface area contributed by atoms with E-state index in [2.05, 4.69) is 4.99 Å². The number of aliphatic hydroxyl groups is 2. The molecule has 4 heteroatoms. The molecule has 0 amide bonds. The van der Waals surface area contributed by atoms with E-state index in [0.717, 1.165) is 32.2 Å². The van der Waals surface area contributed by atoms with Crippen LogP contribution in [0.4, 0.5) is 0 Å². The lowest BCUT2D eigenvalue weighted by Crippen LogP contribution is -2.11. The van der Waals surface area contributed by atoms with Crippen LogP contribution in [0.5, 0.6) is 0 Å². The summed E-state index contributed by atoms with van der Waals surface area (Å²) in [6.07, 6.45) is 4.34. The molecule has 0 aliphatic heterocycles. The highest BCUT2D eigenvalue weighted by Gasteiger charge is 2.00. The molecule has 0 aliphatic rings. The molecule has 0 heterocycles. The van der Waals surface area contributed by atoms with Crippen LogP contribution in [0.2, 0.25) is 0 Å². The minimum Gasteiger partial charge on any atom is -0.394 e. The fraction of sp³-hybridized carbons (Fsp3) is 0.900. The lowest BCUT2D eigenvalue weighted by Gasteiger charge is -2.05. The quantitative estimate of drug-likeness (QED) is 0.307. The largest absolute Gasteiger partial charge is 0.394 e. The molecule has 4 N–H and O–H groups in total. The molecule has 1 atom stereocenters. The molecule has 0 bridgehead atoms. The summed E-state index contributed by atoms with van der Waals surface area (Å²) < 4.78 is 0. The van der Waals surface area contributed by atoms with Gasteiger partial charge in [0.15, 0.2) is 0 Å². The van der Waals surface area contributed by atoms with Crippen LogP contribution in [-0.2, 0) is 0 Å². The zero-order valence-corrected chi connectivity index (χ0v) is 8.95. The lowest BCUT2D eigenvalue weighted by atomic mass is 10.1. The van der Waals surface area contributed by atoms with Crippen molar-refractivity contribution < 1.29 is 10.2 Å². The summed E-state index contributed by atoms with van der Waals surface area (Å²) >= 11 is 0. The Morgan fingerprint density at radius 2 is 1.93 bits per heavy atom. The number of hydrogen-bond acceptors (Lipinski definition) is 3. The van der Waals surface area contributed by atoms with Crippen LogP contribution in [0.25, 0.3) is 0 Å². The summed E-state index contributed by atoms with van der Waals surface area (Å²) in [6.45, 7) is 2.46. The average molecular weight is 202 g/mol. The number of rotatable bonds is 8. The van der Waals surface area contributed by atoms with Crippen molar-refractivity contribution in [2.75, 3.05) is 13.2 Å². The van der Waals surface area contributed by atoms with E-state index in [1.165, 1.54) is 0 Å². The van der Waals surface area contributed by atoms with Gasteiger partial charge in [0, 0.05) is 6.54 Å². The van der Waals surface area contributed by atoms with Gasteiger partial charge in [-0.3, -0.25) is 4.99 Å². The van der Waals surface area contributed by atoms with E-state index in [4.69, 9.17) is 15.9 Å². The van der Waals surface area contributed by atoms with Gasteiger partial charge in [-0.1, -0.05) is 19.3 Å². The highest BCUT2D eigenvalue weighted by molar-refractivity contribution is 5.77. The molecule has 0 radical (unpaired) electrons. The predicted octanol–water partition coefficient (Wildman–Crippen LogP) is 0.667. The van der Waals surface area contributed by atoms with E-state index in [1.54, 1.807) is 6.92 Å². The van der Waals surface area contributed by atoms with Crippen molar-refractivity contribution in [1.82, 2.24) is 0 Å². The molecule has 84 valence electrons. The third-order valence-electron chi connectivity index (χ3n) is 2.02. The van der Waals surface area contributed by atoms with Crippen LogP contribution in [0.3, 0.4) is 0 Å². The third-order valence-corrected chi connectivity index (χ3v) is 2.02. The molecule has 1 unspecified atom stereocenters. The molecule has 0 aromatic rings. The van der Waals surface area contributed by atoms with Crippen molar-refractivity contribution >= 4 is 5.84 Å². The molecule has 0 spiro atoms. The Hall–Kier alpha value is -0.610. The lowest BCUT2D eigenvalue weighted by molar-refractivity contribution is 0.0860. The normalized spacial score (nSPS) is 14.4. The summed E-state index contributed by atoms with van der Waals surface area (Å²) in [7, 11) is 0. The second kappa shape index (κ2) is 8.97. The second-order valence-electron chi connectivity index (χ2n) is 3.56. The standard InChI is InChI=1S/C10H22N2O2/c1-9(11)12-7-5-3-2-4-6-10(14)8-13/h10,13-14H,2-8H2,1H3,(H2,11,12). The first-order chi connectivity index (χ1) is 6.66. The van der Waals surface area contributed by atoms with Crippen LogP contribution < -0.4 is 5.73 Å². The maximum Gasteiger partial charge on any atom is 0.0905 e. The van der Waals surface area contributed by atoms with Gasteiger partial charge in [0.25, 0.3) is 0 Å². The summed E-state index contributed by atoms with van der Waals surface area (Å²) in [6, 6.07) is 0. The van der Waals surface area contributed by atoms with Gasteiger partial charge in [0.2, 0.25) is 0 Å². The number of unbranched alkanes of at least 4 members (excludes halogenated alkanes) is 3. The molecule has 14 heavy (non-hydrogen) atoms. The van der Waals surface area contributed by atoms with E-state index in [0.29, 0.717) is 12.3 Å². The first-order valence-electron chi connectivity index (χ1n) is 5.22. The summed E-state index contributed by atoms with van der Waals surface area (Å²) in [5.74, 6) is 0.640. The molecule has 0 aromatic carbocycles. The summed E-state index contributed by atoms with van der Waals surface area (Å²) in [5.41, 5.74) is 5.38. The highest BCUT2D eigenvalue weighted by Crippen LogP contribution is 2.05. The topological polar surface area (TPSA) is 78.8 Å².